The Hall–Kier alpha value is -1.00. The molecule has 0 aromatic carbocycles. The molecule has 0 radical (unpaired) electrons. The maximum atomic E-state index is 4.42. The van der Waals surface area contributed by atoms with Crippen LogP contribution in [0.5, 0.6) is 0 Å². The summed E-state index contributed by atoms with van der Waals surface area (Å²) in [6.07, 6.45) is 20.9. The minimum atomic E-state index is 0.425. The van der Waals surface area contributed by atoms with Crippen LogP contribution >= 0.6 is 0 Å². The summed E-state index contributed by atoms with van der Waals surface area (Å²) in [5, 5.41) is 0. The summed E-state index contributed by atoms with van der Waals surface area (Å²) in [4.78, 5) is 0. The van der Waals surface area contributed by atoms with Crippen LogP contribution in [0.4, 0.5) is 0 Å². The van der Waals surface area contributed by atoms with Gasteiger partial charge in [-0.25, -0.2) is 0 Å². The lowest BCUT2D eigenvalue weighted by molar-refractivity contribution is -0.0782. The average Bonchev–Trinajstić information content (AvgIpc) is 3.07. The van der Waals surface area contributed by atoms with Crippen molar-refractivity contribution in [3.05, 3.63) is 43.2 Å². The summed E-state index contributed by atoms with van der Waals surface area (Å²) in [6.45, 7) is 20.0. The molecule has 0 spiro atoms. The van der Waals surface area contributed by atoms with E-state index in [0.717, 1.165) is 30.1 Å². The lowest BCUT2D eigenvalue weighted by Crippen LogP contribution is -2.51. The summed E-state index contributed by atoms with van der Waals surface area (Å²) in [5.41, 5.74) is 6.27. The van der Waals surface area contributed by atoms with Crippen molar-refractivity contribution in [2.45, 2.75) is 97.8 Å². The largest absolute Gasteiger partial charge is 0.129 e. The quantitative estimate of drug-likeness (QED) is 0.316. The van der Waals surface area contributed by atoms with E-state index < -0.39 is 0 Å². The number of hydrogen-bond donors (Lipinski definition) is 0. The summed E-state index contributed by atoms with van der Waals surface area (Å²) >= 11 is 0. The molecule has 30 heavy (non-hydrogen) atoms. The molecule has 0 heteroatoms. The molecule has 166 valence electrons. The Balaban J connectivity index is 1.64. The van der Waals surface area contributed by atoms with Crippen LogP contribution in [0.1, 0.15) is 97.8 Å². The van der Waals surface area contributed by atoms with Crippen LogP contribution in [0.15, 0.2) is 43.2 Å². The molecule has 4 rings (SSSR count). The maximum Gasteiger partial charge on any atom is -0.00624 e. The van der Waals surface area contributed by atoms with Gasteiger partial charge in [0, 0.05) is 0 Å². The minimum Gasteiger partial charge on any atom is -0.129 e. The summed E-state index contributed by atoms with van der Waals surface area (Å²) in [7, 11) is 0. The summed E-state index contributed by atoms with van der Waals surface area (Å²) in [5.74, 6) is 4.37. The third kappa shape index (κ3) is 3.33. The smallest absolute Gasteiger partial charge is 0.00624 e. The highest BCUT2D eigenvalue weighted by molar-refractivity contribution is 5.20. The van der Waals surface area contributed by atoms with Crippen LogP contribution in [-0.4, -0.2) is 0 Å². The highest BCUT2D eigenvalue weighted by Gasteiger charge is 2.60. The lowest BCUT2D eigenvalue weighted by atomic mass is 9.46. The third-order valence-electron chi connectivity index (χ3n) is 10.9. The van der Waals surface area contributed by atoms with Gasteiger partial charge in [0.25, 0.3) is 0 Å². The number of fused-ring (bicyclic) bond motifs is 5. The van der Waals surface area contributed by atoms with E-state index in [1.807, 2.05) is 0 Å². The minimum absolute atomic E-state index is 0.425. The third-order valence-corrected chi connectivity index (χ3v) is 10.9. The molecule has 0 N–H and O–H groups in total. The Morgan fingerprint density at radius 3 is 2.30 bits per heavy atom. The Morgan fingerprint density at radius 1 is 0.900 bits per heavy atom. The van der Waals surface area contributed by atoms with Gasteiger partial charge in [0.2, 0.25) is 0 Å². The molecule has 0 saturated heterocycles. The molecule has 0 aliphatic heterocycles. The fraction of sp³-hybridized carbons (Fsp3) is 0.767. The molecule has 0 bridgehead atoms. The average molecular weight is 407 g/mol. The zero-order valence-electron chi connectivity index (χ0n) is 20.1. The van der Waals surface area contributed by atoms with Crippen molar-refractivity contribution in [3.8, 4) is 0 Å². The molecular weight excluding hydrogens is 360 g/mol. The highest BCUT2D eigenvalue weighted by Crippen LogP contribution is 2.69. The zero-order valence-corrected chi connectivity index (χ0v) is 20.1. The molecule has 7 atom stereocenters. The van der Waals surface area contributed by atoms with E-state index in [0.29, 0.717) is 22.2 Å². The number of allylic oxidation sites excluding steroid dienone is 3. The molecule has 0 aromatic rings. The van der Waals surface area contributed by atoms with E-state index in [9.17, 15) is 0 Å². The van der Waals surface area contributed by atoms with E-state index in [-0.39, 0.29) is 0 Å². The van der Waals surface area contributed by atoms with Crippen molar-refractivity contribution in [2.24, 2.45) is 45.8 Å². The van der Waals surface area contributed by atoms with Crippen molar-refractivity contribution in [3.63, 3.8) is 0 Å². The first kappa shape index (κ1) is 22.2. The molecule has 0 amide bonds. The molecule has 0 heterocycles. The second kappa shape index (κ2) is 8.16. The van der Waals surface area contributed by atoms with E-state index >= 15 is 0 Å². The number of rotatable bonds is 5. The van der Waals surface area contributed by atoms with E-state index in [2.05, 4.69) is 58.4 Å². The predicted octanol–water partition coefficient (Wildman–Crippen LogP) is 8.91. The van der Waals surface area contributed by atoms with Crippen molar-refractivity contribution >= 4 is 0 Å². The second-order valence-electron chi connectivity index (χ2n) is 12.2. The van der Waals surface area contributed by atoms with Gasteiger partial charge in [0.1, 0.15) is 0 Å². The molecule has 4 aliphatic carbocycles. The van der Waals surface area contributed by atoms with Gasteiger partial charge in [-0.05, 0) is 128 Å². The molecular formula is C30H46. The van der Waals surface area contributed by atoms with E-state index in [1.165, 1.54) is 76.2 Å². The first-order valence-electron chi connectivity index (χ1n) is 13.0. The van der Waals surface area contributed by atoms with Crippen LogP contribution in [0.25, 0.3) is 0 Å². The van der Waals surface area contributed by atoms with Gasteiger partial charge in [0.05, 0.1) is 0 Å². The SMILES string of the molecule is C=C=C(CC=C)[C@H]1CC[C@H]2[C@@H]3CC[C@]4(C=C)CCC(C)(C)CC[C@@H]4[C@H]3CC[C@]12CC. The van der Waals surface area contributed by atoms with Crippen LogP contribution in [0, 0.1) is 45.8 Å². The molecule has 0 unspecified atom stereocenters. The van der Waals surface area contributed by atoms with Crippen LogP contribution < -0.4 is 0 Å². The van der Waals surface area contributed by atoms with Gasteiger partial charge < -0.3 is 0 Å². The van der Waals surface area contributed by atoms with Crippen LogP contribution in [-0.2, 0) is 0 Å². The topological polar surface area (TPSA) is 0 Å². The Morgan fingerprint density at radius 2 is 1.63 bits per heavy atom. The molecule has 0 aromatic heterocycles. The predicted molar refractivity (Wildman–Crippen MR) is 130 cm³/mol. The molecule has 4 saturated carbocycles. The van der Waals surface area contributed by atoms with Crippen molar-refractivity contribution in [2.75, 3.05) is 0 Å². The van der Waals surface area contributed by atoms with Gasteiger partial charge in [-0.3, -0.25) is 0 Å². The van der Waals surface area contributed by atoms with Gasteiger partial charge in [0.15, 0.2) is 0 Å². The monoisotopic (exact) mass is 406 g/mol. The van der Waals surface area contributed by atoms with Crippen LogP contribution in [0.2, 0.25) is 0 Å². The molecule has 4 fully saturated rings. The van der Waals surface area contributed by atoms with Gasteiger partial charge in [-0.1, -0.05) is 39.5 Å². The Bertz CT molecular complexity index is 718. The second-order valence-corrected chi connectivity index (χ2v) is 12.2. The van der Waals surface area contributed by atoms with Crippen molar-refractivity contribution in [1.29, 1.82) is 0 Å². The van der Waals surface area contributed by atoms with Crippen LogP contribution in [0.3, 0.4) is 0 Å². The maximum absolute atomic E-state index is 4.42. The number of hydrogen-bond acceptors (Lipinski definition) is 0. The van der Waals surface area contributed by atoms with E-state index in [4.69, 9.17) is 0 Å². The fourth-order valence-electron chi connectivity index (χ4n) is 9.20. The normalized spacial score (nSPS) is 44.6. The van der Waals surface area contributed by atoms with Crippen molar-refractivity contribution in [1.82, 2.24) is 0 Å². The Kier molecular flexibility index (Phi) is 6.04. The van der Waals surface area contributed by atoms with Crippen molar-refractivity contribution < 1.29 is 0 Å². The standard InChI is InChI=1S/C30H46/c1-7-11-22(8-2)25-12-13-27-24-14-18-29(9-3)21-20-28(5,6)17-16-26(29)23(24)15-19-30(25,27)10-4/h7,9,23-27H,1-3,10-21H2,4-6H3/t23-,24+,25+,26+,27-,29+,30+/m0/s1. The zero-order chi connectivity index (χ0) is 21.6. The van der Waals surface area contributed by atoms with Gasteiger partial charge >= 0.3 is 0 Å². The lowest BCUT2D eigenvalue weighted by Gasteiger charge is -2.58. The Labute approximate surface area is 187 Å². The first-order valence-corrected chi connectivity index (χ1v) is 13.0. The molecule has 0 nitrogen and oxygen atoms in total. The van der Waals surface area contributed by atoms with Gasteiger partial charge in [-0.15, -0.1) is 18.9 Å². The molecule has 4 aliphatic rings. The first-order chi connectivity index (χ1) is 14.4. The highest BCUT2D eigenvalue weighted by atomic mass is 14.6. The summed E-state index contributed by atoms with van der Waals surface area (Å²) in [6, 6.07) is 0. The van der Waals surface area contributed by atoms with Gasteiger partial charge in [-0.2, -0.15) is 0 Å². The summed E-state index contributed by atoms with van der Waals surface area (Å²) < 4.78 is 0. The fourth-order valence-corrected chi connectivity index (χ4v) is 9.20. The van der Waals surface area contributed by atoms with E-state index in [1.54, 1.807) is 0 Å².